The zero-order valence-electron chi connectivity index (χ0n) is 12.6. The molecule has 1 N–H and O–H groups in total. The zero-order chi connectivity index (χ0) is 15.1. The van der Waals surface area contributed by atoms with E-state index in [0.29, 0.717) is 6.54 Å². The lowest BCUT2D eigenvalue weighted by Crippen LogP contribution is -2.42. The van der Waals surface area contributed by atoms with E-state index in [-0.39, 0.29) is 12.5 Å². The lowest BCUT2D eigenvalue weighted by molar-refractivity contribution is -0.134. The topological polar surface area (TPSA) is 53.0 Å². The third kappa shape index (κ3) is 4.59. The summed E-state index contributed by atoms with van der Waals surface area (Å²) in [6.07, 6.45) is -0.619. The van der Waals surface area contributed by atoms with Gasteiger partial charge in [0.05, 0.1) is 12.7 Å². The Morgan fingerprint density at radius 3 is 2.35 bits per heavy atom. The quantitative estimate of drug-likeness (QED) is 0.801. The Bertz CT molecular complexity index is 409. The van der Waals surface area contributed by atoms with Gasteiger partial charge in [-0.1, -0.05) is 30.3 Å². The smallest absolute Gasteiger partial charge is 0.244 e. The van der Waals surface area contributed by atoms with Gasteiger partial charge in [-0.05, 0) is 12.6 Å². The molecule has 1 aromatic rings. The maximum atomic E-state index is 12.4. The van der Waals surface area contributed by atoms with Crippen LogP contribution in [0.1, 0.15) is 11.6 Å². The minimum Gasteiger partial charge on any atom is -0.389 e. The predicted molar refractivity (Wildman–Crippen MR) is 78.4 cm³/mol. The normalized spacial score (nSPS) is 14.1. The van der Waals surface area contributed by atoms with Crippen molar-refractivity contribution in [1.82, 2.24) is 9.80 Å². The first-order valence-electron chi connectivity index (χ1n) is 6.60. The second kappa shape index (κ2) is 7.99. The van der Waals surface area contributed by atoms with Gasteiger partial charge in [0.25, 0.3) is 0 Å². The molecule has 112 valence electrons. The van der Waals surface area contributed by atoms with Crippen LogP contribution in [0.2, 0.25) is 0 Å². The van der Waals surface area contributed by atoms with Gasteiger partial charge in [-0.25, -0.2) is 0 Å². The van der Waals surface area contributed by atoms with Crippen LogP contribution in [0.15, 0.2) is 30.3 Å². The summed E-state index contributed by atoms with van der Waals surface area (Å²) in [5.41, 5.74) is 0.915. The fraction of sp³-hybridized carbons (Fsp3) is 0.533. The van der Waals surface area contributed by atoms with E-state index in [1.165, 1.54) is 0 Å². The van der Waals surface area contributed by atoms with E-state index < -0.39 is 12.1 Å². The average Bonchev–Trinajstić information content (AvgIpc) is 2.40. The second-order valence-corrected chi connectivity index (χ2v) is 5.09. The number of methoxy groups -OCH3 is 1. The molecule has 5 heteroatoms. The molecule has 1 amide bonds. The molecule has 0 radical (unpaired) electrons. The van der Waals surface area contributed by atoms with Crippen LogP contribution in [0.4, 0.5) is 0 Å². The number of aliphatic hydroxyl groups excluding tert-OH is 1. The Morgan fingerprint density at radius 1 is 1.25 bits per heavy atom. The minimum absolute atomic E-state index is 0.0108. The first kappa shape index (κ1) is 16.6. The number of amides is 1. The molecule has 0 spiro atoms. The number of likely N-dealkylation sites (N-methyl/N-ethyl adjacent to an activating group) is 2. The van der Waals surface area contributed by atoms with Crippen LogP contribution in [0.3, 0.4) is 0 Å². The van der Waals surface area contributed by atoms with E-state index in [0.717, 1.165) is 5.56 Å². The molecule has 1 rings (SSSR count). The molecule has 2 unspecified atom stereocenters. The van der Waals surface area contributed by atoms with Crippen LogP contribution in [0.25, 0.3) is 0 Å². The number of nitrogens with zero attached hydrogens (tertiary/aromatic N) is 2. The third-order valence-electron chi connectivity index (χ3n) is 3.09. The zero-order valence-corrected chi connectivity index (χ0v) is 12.6. The molecule has 0 heterocycles. The summed E-state index contributed by atoms with van der Waals surface area (Å²) in [6, 6.07) is 9.17. The molecule has 0 aliphatic heterocycles. The molecule has 0 fully saturated rings. The Labute approximate surface area is 120 Å². The van der Waals surface area contributed by atoms with Crippen LogP contribution in [-0.4, -0.2) is 68.3 Å². The molecule has 0 aromatic heterocycles. The van der Waals surface area contributed by atoms with Gasteiger partial charge >= 0.3 is 0 Å². The van der Waals surface area contributed by atoms with Gasteiger partial charge in [0.2, 0.25) is 5.91 Å². The van der Waals surface area contributed by atoms with E-state index in [4.69, 9.17) is 4.74 Å². The maximum absolute atomic E-state index is 12.4. The molecule has 0 aliphatic rings. The van der Waals surface area contributed by atoms with Crippen molar-refractivity contribution in [3.8, 4) is 0 Å². The third-order valence-corrected chi connectivity index (χ3v) is 3.09. The van der Waals surface area contributed by atoms with Crippen molar-refractivity contribution in [3.63, 3.8) is 0 Å². The summed E-state index contributed by atoms with van der Waals surface area (Å²) in [7, 11) is 6.84. The van der Waals surface area contributed by atoms with Gasteiger partial charge < -0.3 is 14.7 Å². The number of benzene rings is 1. The summed E-state index contributed by atoms with van der Waals surface area (Å²) in [5, 5.41) is 9.84. The maximum Gasteiger partial charge on any atom is 0.244 e. The van der Waals surface area contributed by atoms with Crippen LogP contribution >= 0.6 is 0 Å². The Kier molecular flexibility index (Phi) is 6.64. The number of carbonyl (C=O) groups is 1. The summed E-state index contributed by atoms with van der Waals surface area (Å²) in [4.78, 5) is 15.8. The van der Waals surface area contributed by atoms with Crippen molar-refractivity contribution in [2.75, 3.05) is 41.4 Å². The number of hydrogen-bond acceptors (Lipinski definition) is 4. The summed E-state index contributed by atoms with van der Waals surface area (Å²) in [6.45, 7) is 0.620. The first-order valence-corrected chi connectivity index (χ1v) is 6.60. The highest BCUT2D eigenvalue weighted by molar-refractivity contribution is 5.82. The van der Waals surface area contributed by atoms with Gasteiger partial charge in [-0.2, -0.15) is 0 Å². The van der Waals surface area contributed by atoms with E-state index in [9.17, 15) is 9.90 Å². The van der Waals surface area contributed by atoms with Crippen LogP contribution < -0.4 is 0 Å². The summed E-state index contributed by atoms with van der Waals surface area (Å²) in [5.74, 6) is -0.0108. The second-order valence-electron chi connectivity index (χ2n) is 5.09. The molecule has 20 heavy (non-hydrogen) atoms. The highest BCUT2D eigenvalue weighted by atomic mass is 16.5. The molecule has 0 aliphatic carbocycles. The van der Waals surface area contributed by atoms with Crippen molar-refractivity contribution < 1.29 is 14.6 Å². The van der Waals surface area contributed by atoms with Crippen molar-refractivity contribution in [2.45, 2.75) is 12.1 Å². The minimum atomic E-state index is -0.619. The Hall–Kier alpha value is -1.43. The monoisotopic (exact) mass is 280 g/mol. The molecular weight excluding hydrogens is 256 g/mol. The highest BCUT2D eigenvalue weighted by Crippen LogP contribution is 2.21. The molecule has 0 bridgehead atoms. The van der Waals surface area contributed by atoms with Gasteiger partial charge in [-0.3, -0.25) is 9.69 Å². The fourth-order valence-electron chi connectivity index (χ4n) is 2.15. The number of ether oxygens (including phenoxy) is 1. The molecule has 1 aromatic carbocycles. The largest absolute Gasteiger partial charge is 0.389 e. The number of carbonyl (C=O) groups excluding carboxylic acids is 1. The lowest BCUT2D eigenvalue weighted by Gasteiger charge is -2.31. The predicted octanol–water partition coefficient (Wildman–Crippen LogP) is 0.755. The Morgan fingerprint density at radius 2 is 1.85 bits per heavy atom. The molecule has 5 nitrogen and oxygen atoms in total. The summed E-state index contributed by atoms with van der Waals surface area (Å²) >= 11 is 0. The number of rotatable bonds is 7. The molecule has 2 atom stereocenters. The molecule has 0 saturated carbocycles. The van der Waals surface area contributed by atoms with E-state index in [1.807, 2.05) is 42.3 Å². The van der Waals surface area contributed by atoms with Crippen molar-refractivity contribution >= 4 is 5.91 Å². The fourth-order valence-corrected chi connectivity index (χ4v) is 2.15. The van der Waals surface area contributed by atoms with E-state index >= 15 is 0 Å². The lowest BCUT2D eigenvalue weighted by atomic mass is 10.0. The van der Waals surface area contributed by atoms with Crippen molar-refractivity contribution in [1.29, 1.82) is 0 Å². The van der Waals surface area contributed by atoms with Gasteiger partial charge in [0, 0.05) is 27.7 Å². The van der Waals surface area contributed by atoms with Crippen molar-refractivity contribution in [2.24, 2.45) is 0 Å². The molecular formula is C15H24N2O3. The van der Waals surface area contributed by atoms with Gasteiger partial charge in [0.15, 0.2) is 0 Å². The highest BCUT2D eigenvalue weighted by Gasteiger charge is 2.27. The van der Waals surface area contributed by atoms with E-state index in [1.54, 1.807) is 26.1 Å². The van der Waals surface area contributed by atoms with Gasteiger partial charge in [0.1, 0.15) is 6.04 Å². The first-order chi connectivity index (χ1) is 9.47. The number of hydrogen-bond donors (Lipinski definition) is 1. The van der Waals surface area contributed by atoms with Crippen LogP contribution in [0.5, 0.6) is 0 Å². The average molecular weight is 280 g/mol. The number of aliphatic hydroxyl groups is 1. The van der Waals surface area contributed by atoms with E-state index in [2.05, 4.69) is 0 Å². The van der Waals surface area contributed by atoms with Crippen LogP contribution in [0, 0.1) is 0 Å². The standard InChI is InChI=1S/C15H24N2O3/c1-16(2)15(19)14(12-8-6-5-7-9-12)17(3)10-13(18)11-20-4/h5-9,13-14,18H,10-11H2,1-4H3. The Balaban J connectivity index is 2.91. The van der Waals surface area contributed by atoms with Gasteiger partial charge in [-0.15, -0.1) is 0 Å². The summed E-state index contributed by atoms with van der Waals surface area (Å²) < 4.78 is 4.93. The molecule has 0 saturated heterocycles. The van der Waals surface area contributed by atoms with Crippen LogP contribution in [-0.2, 0) is 9.53 Å². The SMILES string of the molecule is COCC(O)CN(C)C(C(=O)N(C)C)c1ccccc1. The van der Waals surface area contributed by atoms with Crippen molar-refractivity contribution in [3.05, 3.63) is 35.9 Å².